The molecule has 4 aromatic carbocycles. The molecule has 8 heteroatoms. The Morgan fingerprint density at radius 1 is 0.851 bits per heavy atom. The highest BCUT2D eigenvalue weighted by Gasteiger charge is 2.40. The van der Waals surface area contributed by atoms with Crippen LogP contribution in [0.4, 0.5) is 10.1 Å². The summed E-state index contributed by atoms with van der Waals surface area (Å²) >= 11 is 0. The average Bonchev–Trinajstić information content (AvgIpc) is 3.05. The molecule has 4 aromatic rings. The van der Waals surface area contributed by atoms with Crippen LogP contribution in [0.5, 0.6) is 11.5 Å². The molecule has 0 aliphatic carbocycles. The quantitative estimate of drug-likeness (QED) is 0.102. The van der Waals surface area contributed by atoms with Gasteiger partial charge in [-0.15, -0.1) is 0 Å². The Hall–Kier alpha value is -4.27. The molecule has 0 heterocycles. The zero-order chi connectivity index (χ0) is 34.0. The highest BCUT2D eigenvalue weighted by atomic mass is 28.4. The Labute approximate surface area is 279 Å². The van der Waals surface area contributed by atoms with E-state index in [1.807, 2.05) is 60.7 Å². The minimum Gasteiger partial charge on any atom is -0.497 e. The van der Waals surface area contributed by atoms with Gasteiger partial charge in [0.1, 0.15) is 23.9 Å². The highest BCUT2D eigenvalue weighted by molar-refractivity contribution is 6.74. The van der Waals surface area contributed by atoms with Gasteiger partial charge in [-0.25, -0.2) is 4.39 Å². The molecule has 1 unspecified atom stereocenters. The fourth-order valence-electron chi connectivity index (χ4n) is 5.05. The number of Topliss-reactive ketones (excluding diaryl/α,β-unsaturated/α-hetero) is 1. The fourth-order valence-corrected chi connectivity index (χ4v) is 6.37. The van der Waals surface area contributed by atoms with Crippen LogP contribution < -0.4 is 14.8 Å². The Morgan fingerprint density at radius 2 is 1.49 bits per heavy atom. The smallest absolute Gasteiger partial charge is 0.225 e. The first-order valence-electron chi connectivity index (χ1n) is 16.0. The molecule has 4 rings (SSSR count). The van der Waals surface area contributed by atoms with E-state index in [4.69, 9.17) is 13.9 Å². The van der Waals surface area contributed by atoms with Crippen molar-refractivity contribution in [1.29, 1.82) is 0 Å². The fraction of sp³-hybridized carbons (Fsp3) is 0.333. The number of methoxy groups -OCH3 is 1. The third-order valence-electron chi connectivity index (χ3n) is 8.81. The van der Waals surface area contributed by atoms with E-state index in [1.165, 1.54) is 12.1 Å². The van der Waals surface area contributed by atoms with Crippen molar-refractivity contribution in [2.75, 3.05) is 12.4 Å². The van der Waals surface area contributed by atoms with Crippen molar-refractivity contribution in [1.82, 2.24) is 0 Å². The number of carbonyl (C=O) groups excluding carboxylic acids is 2. The van der Waals surface area contributed by atoms with Gasteiger partial charge in [-0.3, -0.25) is 9.59 Å². The number of hydrogen-bond acceptors (Lipinski definition) is 5. The number of nitrogens with one attached hydrogen (secondary N) is 1. The number of rotatable bonds is 15. The first-order valence-corrected chi connectivity index (χ1v) is 18.9. The minimum atomic E-state index is -2.26. The molecule has 0 saturated heterocycles. The maximum atomic E-state index is 14.4. The molecule has 47 heavy (non-hydrogen) atoms. The highest BCUT2D eigenvalue weighted by Crippen LogP contribution is 2.41. The molecule has 0 bridgehead atoms. The molecule has 1 amide bonds. The molecular weight excluding hydrogens is 610 g/mol. The molecule has 6 nitrogen and oxygen atoms in total. The number of ether oxygens (including phenoxy) is 2. The second kappa shape index (κ2) is 16.0. The summed E-state index contributed by atoms with van der Waals surface area (Å²) in [6.45, 7) is 11.1. The van der Waals surface area contributed by atoms with E-state index in [9.17, 15) is 14.0 Å². The van der Waals surface area contributed by atoms with Crippen LogP contribution in [-0.2, 0) is 15.8 Å². The SMILES string of the molecule is COc1ccc(C(=O)C(CC[C@@H](O[Si](C)(C)C(C)(C)C)c2ccc(F)cc2)CC(=O)Nc2ccccc2)c(OCc2ccccc2)c1. The molecule has 0 radical (unpaired) electrons. The normalized spacial score (nSPS) is 13.0. The predicted molar refractivity (Wildman–Crippen MR) is 188 cm³/mol. The van der Waals surface area contributed by atoms with Crippen LogP contribution in [-0.4, -0.2) is 27.1 Å². The maximum Gasteiger partial charge on any atom is 0.225 e. The summed E-state index contributed by atoms with van der Waals surface area (Å²) in [4.78, 5) is 27.8. The maximum absolute atomic E-state index is 14.4. The van der Waals surface area contributed by atoms with Crippen molar-refractivity contribution in [3.8, 4) is 11.5 Å². The van der Waals surface area contributed by atoms with E-state index in [1.54, 1.807) is 37.4 Å². The van der Waals surface area contributed by atoms with Gasteiger partial charge < -0.3 is 19.2 Å². The second-order valence-electron chi connectivity index (χ2n) is 13.3. The number of halogens is 1. The van der Waals surface area contributed by atoms with Crippen LogP contribution in [0.2, 0.25) is 18.1 Å². The first-order chi connectivity index (χ1) is 22.4. The van der Waals surface area contributed by atoms with Gasteiger partial charge in [-0.2, -0.15) is 0 Å². The van der Waals surface area contributed by atoms with E-state index in [2.05, 4.69) is 39.2 Å². The molecule has 248 valence electrons. The Balaban J connectivity index is 1.65. The van der Waals surface area contributed by atoms with Crippen molar-refractivity contribution in [3.63, 3.8) is 0 Å². The monoisotopic (exact) mass is 655 g/mol. The number of ketones is 1. The van der Waals surface area contributed by atoms with Crippen LogP contribution in [0.15, 0.2) is 103 Å². The van der Waals surface area contributed by atoms with E-state index < -0.39 is 14.2 Å². The lowest BCUT2D eigenvalue weighted by atomic mass is 9.87. The number of para-hydroxylation sites is 1. The summed E-state index contributed by atoms with van der Waals surface area (Å²) in [5.41, 5.74) is 2.83. The van der Waals surface area contributed by atoms with Gasteiger partial charge in [0.25, 0.3) is 0 Å². The molecule has 0 aliphatic heterocycles. The summed E-state index contributed by atoms with van der Waals surface area (Å²) < 4.78 is 32.4. The Kier molecular flexibility index (Phi) is 12.1. The standard InChI is InChI=1S/C39H46FNO5Si/c1-39(2,3)47(5,6)46-35(29-17-20-31(40)21-18-29)24-19-30(25-37(42)41-32-15-11-8-12-16-32)38(43)34-23-22-33(44-4)26-36(34)45-27-28-13-9-7-10-14-28/h7-18,20-23,26,30,35H,19,24-25,27H2,1-6H3,(H,41,42)/t30?,35-/m1/s1. The third-order valence-corrected chi connectivity index (χ3v) is 13.3. The van der Waals surface area contributed by atoms with Crippen molar-refractivity contribution in [2.24, 2.45) is 5.92 Å². The van der Waals surface area contributed by atoms with E-state index in [-0.39, 0.29) is 41.7 Å². The zero-order valence-corrected chi connectivity index (χ0v) is 29.2. The predicted octanol–water partition coefficient (Wildman–Crippen LogP) is 9.78. The summed E-state index contributed by atoms with van der Waals surface area (Å²) in [5, 5.41) is 2.87. The van der Waals surface area contributed by atoms with Gasteiger partial charge in [-0.1, -0.05) is 81.4 Å². The molecular formula is C39H46FNO5Si. The van der Waals surface area contributed by atoms with Gasteiger partial charge in [0, 0.05) is 24.1 Å². The van der Waals surface area contributed by atoms with Gasteiger partial charge in [0.2, 0.25) is 5.91 Å². The number of carbonyl (C=O) groups is 2. The third kappa shape index (κ3) is 10.1. The lowest BCUT2D eigenvalue weighted by molar-refractivity contribution is -0.116. The Bertz CT molecular complexity index is 1600. The number of anilines is 1. The van der Waals surface area contributed by atoms with Gasteiger partial charge >= 0.3 is 0 Å². The van der Waals surface area contributed by atoms with Gasteiger partial charge in [0.15, 0.2) is 14.1 Å². The number of amides is 1. The van der Waals surface area contributed by atoms with Crippen LogP contribution in [0.1, 0.15) is 67.6 Å². The van der Waals surface area contributed by atoms with Crippen LogP contribution in [0.25, 0.3) is 0 Å². The van der Waals surface area contributed by atoms with Crippen molar-refractivity contribution in [2.45, 2.75) is 70.9 Å². The molecule has 1 N–H and O–H groups in total. The summed E-state index contributed by atoms with van der Waals surface area (Å²) in [6.07, 6.45) is 0.410. The lowest BCUT2D eigenvalue weighted by Crippen LogP contribution is -2.42. The topological polar surface area (TPSA) is 73.9 Å². The molecule has 0 saturated carbocycles. The van der Waals surface area contributed by atoms with Crippen LogP contribution in [0.3, 0.4) is 0 Å². The molecule has 0 aliphatic rings. The molecule has 0 spiro atoms. The molecule has 0 aromatic heterocycles. The van der Waals surface area contributed by atoms with E-state index in [0.29, 0.717) is 35.6 Å². The van der Waals surface area contributed by atoms with Gasteiger partial charge in [0.05, 0.1) is 18.8 Å². The molecule has 2 atom stereocenters. The van der Waals surface area contributed by atoms with Crippen molar-refractivity contribution < 1.29 is 27.9 Å². The van der Waals surface area contributed by atoms with Gasteiger partial charge in [-0.05, 0) is 78.5 Å². The van der Waals surface area contributed by atoms with Crippen molar-refractivity contribution >= 4 is 25.7 Å². The number of hydrogen-bond donors (Lipinski definition) is 1. The summed E-state index contributed by atoms with van der Waals surface area (Å²) in [5.74, 6) is -0.533. The average molecular weight is 656 g/mol. The van der Waals surface area contributed by atoms with E-state index in [0.717, 1.165) is 11.1 Å². The minimum absolute atomic E-state index is 0.0336. The second-order valence-corrected chi connectivity index (χ2v) is 18.1. The first kappa shape index (κ1) is 35.6. The lowest BCUT2D eigenvalue weighted by Gasteiger charge is -2.39. The molecule has 0 fully saturated rings. The van der Waals surface area contributed by atoms with Crippen LogP contribution in [0, 0.1) is 11.7 Å². The van der Waals surface area contributed by atoms with E-state index >= 15 is 0 Å². The Morgan fingerprint density at radius 3 is 2.11 bits per heavy atom. The summed E-state index contributed by atoms with van der Waals surface area (Å²) in [6, 6.07) is 30.4. The van der Waals surface area contributed by atoms with Crippen molar-refractivity contribution in [3.05, 3.63) is 126 Å². The van der Waals surface area contributed by atoms with Crippen LogP contribution >= 0.6 is 0 Å². The zero-order valence-electron chi connectivity index (χ0n) is 28.2. The largest absolute Gasteiger partial charge is 0.497 e. The summed E-state index contributed by atoms with van der Waals surface area (Å²) in [7, 11) is -0.703. The number of benzene rings is 4.